The Morgan fingerprint density at radius 1 is 0.759 bits per heavy atom. The maximum atomic E-state index is 4.30. The Morgan fingerprint density at radius 2 is 1.41 bits per heavy atom. The van der Waals surface area contributed by atoms with E-state index in [4.69, 9.17) is 0 Å². The smallest absolute Gasteiger partial charge is 0.0601 e. The molecule has 0 atom stereocenters. The normalized spacial score (nSPS) is 18.7. The second kappa shape index (κ2) is 8.48. The second-order valence-corrected chi connectivity index (χ2v) is 8.36. The second-order valence-electron chi connectivity index (χ2n) is 8.36. The van der Waals surface area contributed by atoms with E-state index in [1.807, 2.05) is 6.20 Å². The minimum atomic E-state index is 0.353. The van der Waals surface area contributed by atoms with Crippen LogP contribution >= 0.6 is 0 Å². The molecule has 0 radical (unpaired) electrons. The summed E-state index contributed by atoms with van der Waals surface area (Å²) in [5, 5.41) is 0. The van der Waals surface area contributed by atoms with Crippen LogP contribution in [-0.2, 0) is 13.0 Å². The average molecular weight is 384 g/mol. The minimum absolute atomic E-state index is 0.353. The van der Waals surface area contributed by atoms with E-state index in [1.165, 1.54) is 41.6 Å². The van der Waals surface area contributed by atoms with Crippen molar-refractivity contribution in [2.75, 3.05) is 19.6 Å². The number of hydrogen-bond acceptors (Lipinski definition) is 3. The van der Waals surface area contributed by atoms with Crippen LogP contribution in [0.2, 0.25) is 0 Å². The van der Waals surface area contributed by atoms with Crippen molar-refractivity contribution in [3.63, 3.8) is 0 Å². The van der Waals surface area contributed by atoms with Crippen molar-refractivity contribution in [1.82, 2.24) is 14.8 Å². The van der Waals surface area contributed by atoms with Crippen molar-refractivity contribution in [1.29, 1.82) is 0 Å². The molecule has 2 aliphatic rings. The predicted octanol–water partition coefficient (Wildman–Crippen LogP) is 4.69. The molecule has 2 aromatic carbocycles. The lowest BCUT2D eigenvalue weighted by Gasteiger charge is -2.43. The van der Waals surface area contributed by atoms with Gasteiger partial charge in [0.2, 0.25) is 0 Å². The molecule has 148 valence electrons. The Hall–Kier alpha value is -2.49. The maximum Gasteiger partial charge on any atom is 0.0601 e. The van der Waals surface area contributed by atoms with Crippen LogP contribution in [0.15, 0.2) is 79.1 Å². The summed E-state index contributed by atoms with van der Waals surface area (Å²) in [5.41, 5.74) is 5.71. The van der Waals surface area contributed by atoms with Gasteiger partial charge in [-0.05, 0) is 47.6 Å². The van der Waals surface area contributed by atoms with Crippen LogP contribution < -0.4 is 0 Å². The topological polar surface area (TPSA) is 19.4 Å². The number of aromatic nitrogens is 1. The van der Waals surface area contributed by atoms with Gasteiger partial charge in [0, 0.05) is 44.6 Å². The van der Waals surface area contributed by atoms with E-state index in [-0.39, 0.29) is 0 Å². The number of pyridine rings is 1. The molecule has 3 nitrogen and oxygen atoms in total. The average Bonchev–Trinajstić information content (AvgIpc) is 2.81. The highest BCUT2D eigenvalue weighted by molar-refractivity contribution is 5.32. The Kier molecular flexibility index (Phi) is 5.42. The van der Waals surface area contributed by atoms with Gasteiger partial charge in [-0.2, -0.15) is 0 Å². The Labute approximate surface area is 174 Å². The summed E-state index contributed by atoms with van der Waals surface area (Å²) in [6, 6.07) is 25.2. The van der Waals surface area contributed by atoms with Gasteiger partial charge in [0.05, 0.1) is 6.04 Å². The first kappa shape index (κ1) is 18.5. The quantitative estimate of drug-likeness (QED) is 0.651. The molecule has 5 rings (SSSR count). The van der Waals surface area contributed by atoms with Crippen molar-refractivity contribution in [3.8, 4) is 0 Å². The number of piperidine rings is 1. The van der Waals surface area contributed by atoms with Crippen LogP contribution in [0.4, 0.5) is 0 Å². The van der Waals surface area contributed by atoms with Crippen molar-refractivity contribution in [2.45, 2.75) is 37.9 Å². The van der Waals surface area contributed by atoms with Gasteiger partial charge in [0.1, 0.15) is 0 Å². The van der Waals surface area contributed by atoms with Crippen molar-refractivity contribution < 1.29 is 0 Å². The van der Waals surface area contributed by atoms with E-state index < -0.39 is 0 Å². The third kappa shape index (κ3) is 3.98. The third-order valence-electron chi connectivity index (χ3n) is 6.66. The van der Waals surface area contributed by atoms with Crippen LogP contribution in [0.1, 0.15) is 41.1 Å². The summed E-state index contributed by atoms with van der Waals surface area (Å²) in [6.07, 6.45) is 7.63. The monoisotopic (exact) mass is 383 g/mol. The molecule has 0 aliphatic carbocycles. The fourth-order valence-electron chi connectivity index (χ4n) is 5.10. The van der Waals surface area contributed by atoms with E-state index >= 15 is 0 Å². The summed E-state index contributed by atoms with van der Waals surface area (Å²) in [5.74, 6) is 0. The fraction of sp³-hybridized carbons (Fsp3) is 0.346. The molecule has 1 saturated heterocycles. The van der Waals surface area contributed by atoms with E-state index in [9.17, 15) is 0 Å². The van der Waals surface area contributed by atoms with E-state index in [0.29, 0.717) is 12.1 Å². The highest BCUT2D eigenvalue weighted by Gasteiger charge is 2.31. The lowest BCUT2D eigenvalue weighted by atomic mass is 9.92. The summed E-state index contributed by atoms with van der Waals surface area (Å²) >= 11 is 0. The highest BCUT2D eigenvalue weighted by Crippen LogP contribution is 2.33. The summed E-state index contributed by atoms with van der Waals surface area (Å²) < 4.78 is 0. The van der Waals surface area contributed by atoms with Gasteiger partial charge in [-0.25, -0.2) is 0 Å². The standard InChI is InChI=1S/C26H29N3/c1-3-7-21(8-4-1)26(22-9-5-2-6-10-22)28-17-13-25(14-18-28)29-16-12-23-19-27-15-11-24(23)20-29/h1-11,15,19,25-26H,12-14,16-18,20H2. The lowest BCUT2D eigenvalue weighted by Crippen LogP contribution is -2.47. The molecule has 3 heterocycles. The Bertz CT molecular complexity index is 877. The number of fused-ring (bicyclic) bond motifs is 1. The van der Waals surface area contributed by atoms with Gasteiger partial charge in [0.25, 0.3) is 0 Å². The molecular formula is C26H29N3. The zero-order chi connectivity index (χ0) is 19.5. The molecule has 1 aromatic heterocycles. The number of hydrogen-bond donors (Lipinski definition) is 0. The summed E-state index contributed by atoms with van der Waals surface area (Å²) in [6.45, 7) is 4.56. The predicted molar refractivity (Wildman–Crippen MR) is 118 cm³/mol. The largest absolute Gasteiger partial charge is 0.296 e. The van der Waals surface area contributed by atoms with Crippen LogP contribution in [0.3, 0.4) is 0 Å². The van der Waals surface area contributed by atoms with Crippen LogP contribution in [-0.4, -0.2) is 40.5 Å². The molecule has 3 aromatic rings. The number of rotatable bonds is 4. The number of likely N-dealkylation sites (tertiary alicyclic amines) is 1. The van der Waals surface area contributed by atoms with Gasteiger partial charge < -0.3 is 0 Å². The molecule has 0 saturated carbocycles. The van der Waals surface area contributed by atoms with E-state index in [2.05, 4.69) is 87.7 Å². The fourth-order valence-corrected chi connectivity index (χ4v) is 5.10. The molecular weight excluding hydrogens is 354 g/mol. The Morgan fingerprint density at radius 3 is 2.07 bits per heavy atom. The van der Waals surface area contributed by atoms with Gasteiger partial charge in [-0.15, -0.1) is 0 Å². The van der Waals surface area contributed by atoms with Crippen molar-refractivity contribution in [3.05, 3.63) is 101 Å². The summed E-state index contributed by atoms with van der Waals surface area (Å²) in [4.78, 5) is 9.69. The molecule has 0 bridgehead atoms. The number of nitrogens with zero attached hydrogens (tertiary/aromatic N) is 3. The first-order valence-corrected chi connectivity index (χ1v) is 10.9. The maximum absolute atomic E-state index is 4.30. The van der Waals surface area contributed by atoms with E-state index in [0.717, 1.165) is 26.1 Å². The first-order chi connectivity index (χ1) is 14.4. The highest BCUT2D eigenvalue weighted by atomic mass is 15.2. The molecule has 29 heavy (non-hydrogen) atoms. The third-order valence-corrected chi connectivity index (χ3v) is 6.66. The molecule has 0 amide bonds. The van der Waals surface area contributed by atoms with Gasteiger partial charge in [-0.3, -0.25) is 14.8 Å². The van der Waals surface area contributed by atoms with Crippen LogP contribution in [0, 0.1) is 0 Å². The number of benzene rings is 2. The van der Waals surface area contributed by atoms with E-state index in [1.54, 1.807) is 0 Å². The van der Waals surface area contributed by atoms with Crippen molar-refractivity contribution >= 4 is 0 Å². The van der Waals surface area contributed by atoms with Gasteiger partial charge >= 0.3 is 0 Å². The van der Waals surface area contributed by atoms with Gasteiger partial charge in [0.15, 0.2) is 0 Å². The molecule has 2 aliphatic heterocycles. The molecule has 0 N–H and O–H groups in total. The molecule has 1 fully saturated rings. The van der Waals surface area contributed by atoms with Gasteiger partial charge in [-0.1, -0.05) is 60.7 Å². The van der Waals surface area contributed by atoms with Crippen molar-refractivity contribution in [2.24, 2.45) is 0 Å². The van der Waals surface area contributed by atoms with Crippen LogP contribution in [0.5, 0.6) is 0 Å². The minimum Gasteiger partial charge on any atom is -0.296 e. The first-order valence-electron chi connectivity index (χ1n) is 10.9. The lowest BCUT2D eigenvalue weighted by molar-refractivity contribution is 0.0842. The van der Waals surface area contributed by atoms with Crippen LogP contribution in [0.25, 0.3) is 0 Å². The zero-order valence-corrected chi connectivity index (χ0v) is 17.0. The molecule has 0 unspecified atom stereocenters. The molecule has 0 spiro atoms. The molecule has 3 heteroatoms. The summed E-state index contributed by atoms with van der Waals surface area (Å²) in [7, 11) is 0. The zero-order valence-electron chi connectivity index (χ0n) is 17.0. The Balaban J connectivity index is 1.30. The SMILES string of the molecule is c1ccc(C(c2ccccc2)N2CCC(N3CCc4cnccc4C3)CC2)cc1.